The monoisotopic (exact) mass is 391 g/mol. The molecule has 0 bridgehead atoms. The topological polar surface area (TPSA) is 63.4 Å². The van der Waals surface area contributed by atoms with E-state index in [4.69, 9.17) is 0 Å². The van der Waals surface area contributed by atoms with Gasteiger partial charge in [-0.1, -0.05) is 71.9 Å². The van der Waals surface area contributed by atoms with Crippen molar-refractivity contribution in [2.45, 2.75) is 18.5 Å². The third-order valence-corrected chi connectivity index (χ3v) is 5.67. The molecule has 7 heteroatoms. The van der Waals surface area contributed by atoms with Crippen LogP contribution in [0.2, 0.25) is 0 Å². The molecule has 0 N–H and O–H groups in total. The summed E-state index contributed by atoms with van der Waals surface area (Å²) in [5, 5.41) is 15.3. The van der Waals surface area contributed by atoms with Crippen LogP contribution < -0.4 is 0 Å². The van der Waals surface area contributed by atoms with E-state index in [1.54, 1.807) is 5.01 Å². The van der Waals surface area contributed by atoms with Crippen LogP contribution in [0, 0.1) is 6.92 Å². The smallest absolute Gasteiger partial charge is 0.253 e. The number of thioether (sulfide) groups is 1. The van der Waals surface area contributed by atoms with E-state index in [0.29, 0.717) is 6.54 Å². The number of nitrogens with zero attached hydrogens (tertiary/aromatic N) is 5. The van der Waals surface area contributed by atoms with Crippen LogP contribution in [0.25, 0.3) is 11.4 Å². The molecule has 0 aliphatic carbocycles. The highest BCUT2D eigenvalue weighted by Gasteiger charge is 2.22. The minimum atomic E-state index is -0.0178. The third-order valence-electron chi connectivity index (χ3n) is 4.67. The Morgan fingerprint density at radius 1 is 1.04 bits per heavy atom. The number of amides is 1. The van der Waals surface area contributed by atoms with Crippen molar-refractivity contribution in [1.82, 2.24) is 19.8 Å². The molecule has 2 heterocycles. The average Bonchev–Trinajstić information content (AvgIpc) is 3.35. The molecule has 1 aliphatic heterocycles. The Kier molecular flexibility index (Phi) is 5.25. The first-order chi connectivity index (χ1) is 13.6. The van der Waals surface area contributed by atoms with Crippen molar-refractivity contribution >= 4 is 23.4 Å². The second-order valence-electron chi connectivity index (χ2n) is 6.70. The summed E-state index contributed by atoms with van der Waals surface area (Å²) in [4.78, 5) is 12.6. The molecule has 1 aliphatic rings. The molecule has 0 spiro atoms. The van der Waals surface area contributed by atoms with Gasteiger partial charge < -0.3 is 4.57 Å². The van der Waals surface area contributed by atoms with Crippen molar-refractivity contribution < 1.29 is 4.79 Å². The maximum atomic E-state index is 12.6. The zero-order valence-electron chi connectivity index (χ0n) is 15.9. The van der Waals surface area contributed by atoms with Crippen molar-refractivity contribution in [3.8, 4) is 11.4 Å². The molecule has 0 radical (unpaired) electrons. The van der Waals surface area contributed by atoms with Crippen molar-refractivity contribution in [2.24, 2.45) is 12.1 Å². The Balaban J connectivity index is 1.40. The highest BCUT2D eigenvalue weighted by molar-refractivity contribution is 7.99. The predicted octanol–water partition coefficient (Wildman–Crippen LogP) is 3.52. The lowest BCUT2D eigenvalue weighted by molar-refractivity contribution is -0.127. The molecular formula is C21H21N5OS. The summed E-state index contributed by atoms with van der Waals surface area (Å²) in [5.74, 6) is 1.06. The molecule has 1 amide bonds. The first-order valence-corrected chi connectivity index (χ1v) is 10.1. The normalized spacial score (nSPS) is 13.6. The van der Waals surface area contributed by atoms with Crippen LogP contribution in [0.5, 0.6) is 0 Å². The zero-order chi connectivity index (χ0) is 19.5. The molecule has 0 saturated carbocycles. The second-order valence-corrected chi connectivity index (χ2v) is 7.64. The maximum Gasteiger partial charge on any atom is 0.253 e. The van der Waals surface area contributed by atoms with Crippen LogP contribution in [0.15, 0.2) is 64.9 Å². The number of aromatic nitrogens is 3. The third kappa shape index (κ3) is 3.84. The second kappa shape index (κ2) is 7.98. The number of benzene rings is 2. The number of aryl methyl sites for hydroxylation is 1. The van der Waals surface area contributed by atoms with Crippen LogP contribution >= 0.6 is 11.8 Å². The van der Waals surface area contributed by atoms with Gasteiger partial charge in [0.25, 0.3) is 5.91 Å². The van der Waals surface area contributed by atoms with E-state index in [-0.39, 0.29) is 11.7 Å². The lowest BCUT2D eigenvalue weighted by atomic mass is 10.1. The van der Waals surface area contributed by atoms with Gasteiger partial charge in [-0.05, 0) is 12.5 Å². The zero-order valence-corrected chi connectivity index (χ0v) is 16.7. The van der Waals surface area contributed by atoms with E-state index in [9.17, 15) is 4.79 Å². The summed E-state index contributed by atoms with van der Waals surface area (Å²) in [6, 6.07) is 18.2. The lowest BCUT2D eigenvalue weighted by Crippen LogP contribution is -2.25. The SMILES string of the molecule is Cc1ccc(-c2nnc(SCC(=O)N3CCC(c4ccccc4)=N3)n2C)cc1. The maximum absolute atomic E-state index is 12.6. The van der Waals surface area contributed by atoms with E-state index < -0.39 is 0 Å². The highest BCUT2D eigenvalue weighted by atomic mass is 32.2. The van der Waals surface area contributed by atoms with Crippen LogP contribution in [0.4, 0.5) is 0 Å². The van der Waals surface area contributed by atoms with Gasteiger partial charge in [0, 0.05) is 19.0 Å². The summed E-state index contributed by atoms with van der Waals surface area (Å²) in [5.41, 5.74) is 4.24. The van der Waals surface area contributed by atoms with E-state index >= 15 is 0 Å². The lowest BCUT2D eigenvalue weighted by Gasteiger charge is -2.10. The molecule has 142 valence electrons. The number of rotatable bonds is 5. The number of hydrazone groups is 1. The van der Waals surface area contributed by atoms with Crippen LogP contribution in [0.1, 0.15) is 17.5 Å². The van der Waals surface area contributed by atoms with E-state index in [0.717, 1.165) is 34.2 Å². The van der Waals surface area contributed by atoms with Crippen molar-refractivity contribution in [3.63, 3.8) is 0 Å². The Hall–Kier alpha value is -2.93. The molecule has 2 aromatic carbocycles. The van der Waals surface area contributed by atoms with Gasteiger partial charge in [0.05, 0.1) is 18.0 Å². The molecule has 4 rings (SSSR count). The standard InChI is InChI=1S/C21H21N5OS/c1-15-8-10-17(11-9-15)20-22-23-21(25(20)2)28-14-19(27)26-13-12-18(24-26)16-6-4-3-5-7-16/h3-11H,12-14H2,1-2H3. The van der Waals surface area contributed by atoms with Gasteiger partial charge in [0.2, 0.25) is 0 Å². The van der Waals surface area contributed by atoms with Gasteiger partial charge in [0.1, 0.15) is 0 Å². The fraction of sp³-hybridized carbons (Fsp3) is 0.238. The fourth-order valence-electron chi connectivity index (χ4n) is 3.07. The van der Waals surface area contributed by atoms with Gasteiger partial charge in [-0.15, -0.1) is 10.2 Å². The van der Waals surface area contributed by atoms with E-state index in [2.05, 4.69) is 34.4 Å². The molecule has 0 atom stereocenters. The summed E-state index contributed by atoms with van der Waals surface area (Å²) in [6.07, 6.45) is 0.780. The van der Waals surface area contributed by atoms with E-state index in [1.807, 2.05) is 54.1 Å². The summed E-state index contributed by atoms with van der Waals surface area (Å²) >= 11 is 1.39. The fourth-order valence-corrected chi connectivity index (χ4v) is 3.85. The van der Waals surface area contributed by atoms with Gasteiger partial charge in [0.15, 0.2) is 11.0 Å². The minimum absolute atomic E-state index is 0.0178. The number of hydrogen-bond donors (Lipinski definition) is 0. The van der Waals surface area contributed by atoms with Gasteiger partial charge >= 0.3 is 0 Å². The van der Waals surface area contributed by atoms with Gasteiger partial charge in [-0.3, -0.25) is 4.79 Å². The quantitative estimate of drug-likeness (QED) is 0.624. The Morgan fingerprint density at radius 3 is 2.54 bits per heavy atom. The van der Waals surface area contributed by atoms with Crippen molar-refractivity contribution in [3.05, 3.63) is 65.7 Å². The highest BCUT2D eigenvalue weighted by Crippen LogP contribution is 2.24. The predicted molar refractivity (Wildman–Crippen MR) is 111 cm³/mol. The summed E-state index contributed by atoms with van der Waals surface area (Å²) < 4.78 is 1.92. The molecule has 0 unspecified atom stereocenters. The molecule has 6 nitrogen and oxygen atoms in total. The Bertz CT molecular complexity index is 1010. The molecule has 28 heavy (non-hydrogen) atoms. The molecule has 0 fully saturated rings. The Labute approximate surface area is 168 Å². The summed E-state index contributed by atoms with van der Waals surface area (Å²) in [6.45, 7) is 2.68. The molecule has 3 aromatic rings. The van der Waals surface area contributed by atoms with Crippen molar-refractivity contribution in [2.75, 3.05) is 12.3 Å². The van der Waals surface area contributed by atoms with Gasteiger partial charge in [-0.2, -0.15) is 5.10 Å². The molecular weight excluding hydrogens is 370 g/mol. The Morgan fingerprint density at radius 2 is 1.79 bits per heavy atom. The number of carbonyl (C=O) groups is 1. The van der Waals surface area contributed by atoms with Gasteiger partial charge in [-0.25, -0.2) is 5.01 Å². The van der Waals surface area contributed by atoms with Crippen LogP contribution in [-0.4, -0.2) is 43.7 Å². The first-order valence-electron chi connectivity index (χ1n) is 9.14. The largest absolute Gasteiger partial charge is 0.305 e. The summed E-state index contributed by atoms with van der Waals surface area (Å²) in [7, 11) is 1.92. The first kappa shape index (κ1) is 18.4. The number of carbonyl (C=O) groups excluding carboxylic acids is 1. The van der Waals surface area contributed by atoms with Crippen molar-refractivity contribution in [1.29, 1.82) is 0 Å². The number of hydrogen-bond acceptors (Lipinski definition) is 5. The molecule has 0 saturated heterocycles. The van der Waals surface area contributed by atoms with Crippen LogP contribution in [0.3, 0.4) is 0 Å². The van der Waals surface area contributed by atoms with E-state index in [1.165, 1.54) is 17.3 Å². The minimum Gasteiger partial charge on any atom is -0.305 e. The van der Waals surface area contributed by atoms with Crippen LogP contribution in [-0.2, 0) is 11.8 Å². The molecule has 1 aromatic heterocycles. The average molecular weight is 392 g/mol.